The van der Waals surface area contributed by atoms with Crippen molar-refractivity contribution < 1.29 is 4.79 Å². The van der Waals surface area contributed by atoms with Crippen LogP contribution in [0.4, 0.5) is 5.82 Å². The van der Waals surface area contributed by atoms with E-state index >= 15 is 0 Å². The molecule has 8 heteroatoms. The lowest BCUT2D eigenvalue weighted by Gasteiger charge is -2.15. The molecule has 1 amide bonds. The van der Waals surface area contributed by atoms with Gasteiger partial charge in [-0.15, -0.1) is 11.8 Å². The monoisotopic (exact) mass is 426 g/mol. The van der Waals surface area contributed by atoms with E-state index < -0.39 is 0 Å². The first kappa shape index (κ1) is 17.7. The van der Waals surface area contributed by atoms with E-state index in [0.717, 1.165) is 32.2 Å². The Morgan fingerprint density at radius 1 is 1.18 bits per heavy atom. The molecule has 0 aliphatic carbocycles. The van der Waals surface area contributed by atoms with E-state index in [4.69, 9.17) is 21.7 Å². The third kappa shape index (κ3) is 2.99. The first-order valence-corrected chi connectivity index (χ1v) is 11.0. The fourth-order valence-corrected chi connectivity index (χ4v) is 5.61. The quantitative estimate of drug-likeness (QED) is 0.477. The Morgan fingerprint density at radius 2 is 1.96 bits per heavy atom. The lowest BCUT2D eigenvalue weighted by Crippen LogP contribution is -2.15. The Labute approximate surface area is 174 Å². The van der Waals surface area contributed by atoms with Crippen molar-refractivity contribution in [3.8, 4) is 5.13 Å². The Bertz CT molecular complexity index is 1170. The molecule has 1 aliphatic rings. The zero-order valence-electron chi connectivity index (χ0n) is 14.8. The number of fused-ring (bicyclic) bond motifs is 2. The maximum absolute atomic E-state index is 12.4. The minimum atomic E-state index is -0.0371. The number of hydrogen-bond donors (Lipinski definition) is 1. The van der Waals surface area contributed by atoms with Gasteiger partial charge in [-0.05, 0) is 36.8 Å². The molecular weight excluding hydrogens is 412 g/mol. The number of carbonyl (C=O) groups is 1. The summed E-state index contributed by atoms with van der Waals surface area (Å²) in [6.45, 7) is 1.98. The Kier molecular flexibility index (Phi) is 4.38. The first-order chi connectivity index (χ1) is 13.6. The van der Waals surface area contributed by atoms with Crippen molar-refractivity contribution in [1.29, 1.82) is 0 Å². The molecule has 5 rings (SSSR count). The van der Waals surface area contributed by atoms with E-state index in [9.17, 15) is 4.79 Å². The van der Waals surface area contributed by atoms with Gasteiger partial charge in [0.25, 0.3) is 0 Å². The summed E-state index contributed by atoms with van der Waals surface area (Å²) < 4.78 is 2.85. The van der Waals surface area contributed by atoms with E-state index in [-0.39, 0.29) is 11.2 Å². The Balaban J connectivity index is 1.69. The number of thioether (sulfide) groups is 1. The van der Waals surface area contributed by atoms with Gasteiger partial charge in [-0.3, -0.25) is 4.79 Å². The number of nitrogens with one attached hydrogen (secondary N) is 1. The number of carbonyl (C=O) groups excluding carboxylic acids is 1. The van der Waals surface area contributed by atoms with Crippen LogP contribution in [0.25, 0.3) is 15.3 Å². The van der Waals surface area contributed by atoms with Crippen molar-refractivity contribution >= 4 is 56.6 Å². The summed E-state index contributed by atoms with van der Waals surface area (Å²) in [5, 5.41) is 9.22. The highest BCUT2D eigenvalue weighted by molar-refractivity contribution is 8.00. The Hall–Kier alpha value is -2.35. The molecule has 0 saturated heterocycles. The number of para-hydroxylation sites is 1. The second kappa shape index (κ2) is 6.92. The Morgan fingerprint density at radius 3 is 2.75 bits per heavy atom. The van der Waals surface area contributed by atoms with Gasteiger partial charge in [0.2, 0.25) is 11.0 Å². The van der Waals surface area contributed by atoms with Crippen LogP contribution in [0.3, 0.4) is 0 Å². The van der Waals surface area contributed by atoms with Crippen LogP contribution in [0.1, 0.15) is 22.1 Å². The molecular formula is C20H15ClN4OS2. The summed E-state index contributed by atoms with van der Waals surface area (Å²) in [7, 11) is 0. The third-order valence-corrected chi connectivity index (χ3v) is 7.18. The molecule has 0 saturated carbocycles. The largest absolute Gasteiger partial charge is 0.310 e. The van der Waals surface area contributed by atoms with Crippen LogP contribution < -0.4 is 5.32 Å². The van der Waals surface area contributed by atoms with Gasteiger partial charge in [-0.2, -0.15) is 9.78 Å². The zero-order valence-corrected chi connectivity index (χ0v) is 17.2. The average Bonchev–Trinajstić information content (AvgIpc) is 3.19. The average molecular weight is 427 g/mol. The maximum Gasteiger partial charge on any atom is 0.235 e. The zero-order chi connectivity index (χ0) is 19.3. The molecule has 0 radical (unpaired) electrons. The standard InChI is InChI=1S/C20H15ClN4OS2/c1-11-17-18(12-6-8-13(21)9-7-12)27-10-16(26)23-19(17)25(24-11)20-22-14-4-2-3-5-15(14)28-20/h2-9,18H,10H2,1H3,(H,23,26)/t18-/m1/s1. The predicted molar refractivity (Wildman–Crippen MR) is 116 cm³/mol. The molecule has 0 fully saturated rings. The van der Waals surface area contributed by atoms with Crippen LogP contribution in [0.2, 0.25) is 5.02 Å². The normalized spacial score (nSPS) is 16.6. The van der Waals surface area contributed by atoms with Gasteiger partial charge < -0.3 is 5.32 Å². The first-order valence-electron chi connectivity index (χ1n) is 8.72. The molecule has 2 aromatic heterocycles. The van der Waals surface area contributed by atoms with E-state index in [1.165, 1.54) is 0 Å². The highest BCUT2D eigenvalue weighted by Gasteiger charge is 2.31. The number of benzene rings is 2. The molecule has 4 aromatic rings. The predicted octanol–water partition coefficient (Wildman–Crippen LogP) is 5.22. The molecule has 3 heterocycles. The summed E-state index contributed by atoms with van der Waals surface area (Å²) in [6.07, 6.45) is 0. The van der Waals surface area contributed by atoms with Crippen LogP contribution in [0, 0.1) is 6.92 Å². The van der Waals surface area contributed by atoms with E-state index in [0.29, 0.717) is 16.6 Å². The molecule has 1 atom stereocenters. The van der Waals surface area contributed by atoms with E-state index in [2.05, 4.69) is 5.32 Å². The van der Waals surface area contributed by atoms with Gasteiger partial charge in [0.1, 0.15) is 5.82 Å². The maximum atomic E-state index is 12.4. The molecule has 5 nitrogen and oxygen atoms in total. The smallest absolute Gasteiger partial charge is 0.235 e. The van der Waals surface area contributed by atoms with Crippen LogP contribution in [0.5, 0.6) is 0 Å². The number of aryl methyl sites for hydroxylation is 1. The van der Waals surface area contributed by atoms with Crippen LogP contribution >= 0.6 is 34.7 Å². The van der Waals surface area contributed by atoms with Gasteiger partial charge in [0, 0.05) is 10.6 Å². The molecule has 1 aliphatic heterocycles. The molecule has 1 N–H and O–H groups in total. The molecule has 0 unspecified atom stereocenters. The van der Waals surface area contributed by atoms with E-state index in [1.807, 2.05) is 55.5 Å². The fraction of sp³-hybridized carbons (Fsp3) is 0.150. The van der Waals surface area contributed by atoms with Crippen LogP contribution in [-0.2, 0) is 4.79 Å². The highest BCUT2D eigenvalue weighted by Crippen LogP contribution is 2.44. The van der Waals surface area contributed by atoms with Crippen molar-refractivity contribution in [3.63, 3.8) is 0 Å². The summed E-state index contributed by atoms with van der Waals surface area (Å²) in [5.41, 5.74) is 3.91. The summed E-state index contributed by atoms with van der Waals surface area (Å²) >= 11 is 9.22. The lowest BCUT2D eigenvalue weighted by molar-refractivity contribution is -0.113. The molecule has 0 bridgehead atoms. The minimum absolute atomic E-state index is 0.00524. The van der Waals surface area contributed by atoms with Crippen molar-refractivity contribution in [1.82, 2.24) is 14.8 Å². The van der Waals surface area contributed by atoms with Crippen molar-refractivity contribution in [2.45, 2.75) is 12.2 Å². The van der Waals surface area contributed by atoms with Gasteiger partial charge in [-0.25, -0.2) is 4.98 Å². The number of nitrogens with zero attached hydrogens (tertiary/aromatic N) is 3. The second-order valence-corrected chi connectivity index (χ2v) is 9.05. The van der Waals surface area contributed by atoms with Gasteiger partial charge >= 0.3 is 0 Å². The highest BCUT2D eigenvalue weighted by atomic mass is 35.5. The SMILES string of the molecule is Cc1nn(-c2nc3ccccc3s2)c2c1[C@@H](c1ccc(Cl)cc1)SCC(=O)N2. The van der Waals surface area contributed by atoms with Crippen molar-refractivity contribution in [2.75, 3.05) is 11.1 Å². The van der Waals surface area contributed by atoms with Gasteiger partial charge in [0.15, 0.2) is 0 Å². The number of rotatable bonds is 2. The minimum Gasteiger partial charge on any atom is -0.310 e. The number of anilines is 1. The summed E-state index contributed by atoms with van der Waals surface area (Å²) in [6, 6.07) is 15.8. The summed E-state index contributed by atoms with van der Waals surface area (Å²) in [5.74, 6) is 1.04. The van der Waals surface area contributed by atoms with Crippen LogP contribution in [0.15, 0.2) is 48.5 Å². The molecule has 0 spiro atoms. The van der Waals surface area contributed by atoms with Gasteiger partial charge in [0.05, 0.1) is 26.9 Å². The van der Waals surface area contributed by atoms with E-state index in [1.54, 1.807) is 27.8 Å². The fourth-order valence-electron chi connectivity index (χ4n) is 3.37. The number of thiazole rings is 1. The van der Waals surface area contributed by atoms with Crippen molar-refractivity contribution in [2.24, 2.45) is 0 Å². The molecule has 28 heavy (non-hydrogen) atoms. The molecule has 2 aromatic carbocycles. The number of amides is 1. The van der Waals surface area contributed by atoms with Crippen LogP contribution in [-0.4, -0.2) is 26.4 Å². The molecule has 140 valence electrons. The number of aromatic nitrogens is 3. The number of halogens is 1. The van der Waals surface area contributed by atoms with Crippen molar-refractivity contribution in [3.05, 3.63) is 70.4 Å². The third-order valence-electron chi connectivity index (χ3n) is 4.64. The van der Waals surface area contributed by atoms with Gasteiger partial charge in [-0.1, -0.05) is 47.2 Å². The summed E-state index contributed by atoms with van der Waals surface area (Å²) in [4.78, 5) is 17.1. The lowest BCUT2D eigenvalue weighted by atomic mass is 10.0. The number of hydrogen-bond acceptors (Lipinski definition) is 5. The second-order valence-electron chi connectivity index (χ2n) is 6.51. The topological polar surface area (TPSA) is 59.8 Å².